The molecule has 0 amide bonds. The van der Waals surface area contributed by atoms with Gasteiger partial charge in [0, 0.05) is 46.1 Å². The van der Waals surface area contributed by atoms with E-state index in [2.05, 4.69) is 267 Å². The van der Waals surface area contributed by atoms with Crippen molar-refractivity contribution in [2.24, 2.45) is 5.92 Å². The van der Waals surface area contributed by atoms with Crippen molar-refractivity contribution in [2.45, 2.75) is 44.6 Å². The van der Waals surface area contributed by atoms with Gasteiger partial charge in [-0.15, -0.1) is 0 Å². The van der Waals surface area contributed by atoms with Crippen molar-refractivity contribution >= 4 is 28.7 Å². The van der Waals surface area contributed by atoms with E-state index in [-0.39, 0.29) is 11.5 Å². The van der Waals surface area contributed by atoms with Crippen molar-refractivity contribution in [1.82, 2.24) is 0 Å². The van der Waals surface area contributed by atoms with Crippen LogP contribution < -0.4 is 14.5 Å². The number of fused-ring (bicyclic) bond motifs is 7. The van der Waals surface area contributed by atoms with Crippen molar-refractivity contribution in [3.8, 4) is 28.0 Å². The SMILES string of the molecule is C=C/C(=C\C=C\c1ccccc1)N(c1cccc2c1OC/C=C\C(N(c1ccc(-c3ccccc3)cc1)c1ccc3c(c1)C(C)(C)c1ccccc1-3)=C1\C=CC=C2C1)C1C=CC(C2C=CC=CC2)=CC1. The summed E-state index contributed by atoms with van der Waals surface area (Å²) in [6.45, 7) is 9.49. The van der Waals surface area contributed by atoms with Crippen LogP contribution in [0.3, 0.4) is 0 Å². The largest absolute Gasteiger partial charge is 0.487 e. The molecule has 0 saturated heterocycles. The van der Waals surface area contributed by atoms with E-state index >= 15 is 0 Å². The van der Waals surface area contributed by atoms with Crippen LogP contribution >= 0.6 is 0 Å². The number of benzene rings is 6. The normalized spacial score (nSPS) is 20.1. The van der Waals surface area contributed by atoms with Crippen LogP contribution in [-0.2, 0) is 5.41 Å². The molecule has 5 aliphatic rings. The van der Waals surface area contributed by atoms with Gasteiger partial charge in [-0.1, -0.05) is 209 Å². The Morgan fingerprint density at radius 1 is 0.671 bits per heavy atom. The first-order valence-corrected chi connectivity index (χ1v) is 24.7. The Morgan fingerprint density at radius 2 is 1.43 bits per heavy atom. The van der Waals surface area contributed by atoms with E-state index < -0.39 is 0 Å². The molecule has 0 saturated carbocycles. The zero-order valence-electron chi connectivity index (χ0n) is 40.1. The van der Waals surface area contributed by atoms with E-state index in [4.69, 9.17) is 4.74 Å². The van der Waals surface area contributed by atoms with Crippen LogP contribution in [0.25, 0.3) is 33.9 Å². The molecule has 4 aliphatic carbocycles. The lowest BCUT2D eigenvalue weighted by molar-refractivity contribution is 0.361. The first-order chi connectivity index (χ1) is 34.4. The number of para-hydroxylation sites is 1. The number of anilines is 3. The zero-order valence-corrected chi connectivity index (χ0v) is 40.1. The Labute approximate surface area is 414 Å². The van der Waals surface area contributed by atoms with Crippen LogP contribution in [0.4, 0.5) is 17.1 Å². The van der Waals surface area contributed by atoms with Crippen LogP contribution in [-0.4, -0.2) is 12.6 Å². The second-order valence-corrected chi connectivity index (χ2v) is 19.1. The highest BCUT2D eigenvalue weighted by Crippen LogP contribution is 2.51. The predicted octanol–water partition coefficient (Wildman–Crippen LogP) is 17.0. The van der Waals surface area contributed by atoms with Gasteiger partial charge < -0.3 is 14.5 Å². The number of ether oxygens (including phenoxy) is 1. The predicted molar refractivity (Wildman–Crippen MR) is 296 cm³/mol. The monoisotopic (exact) mass is 906 g/mol. The Morgan fingerprint density at radius 3 is 2.21 bits per heavy atom. The summed E-state index contributed by atoms with van der Waals surface area (Å²) >= 11 is 0. The van der Waals surface area contributed by atoms with Gasteiger partial charge in [0.2, 0.25) is 0 Å². The summed E-state index contributed by atoms with van der Waals surface area (Å²) in [6, 6.07) is 52.7. The standard InChI is InChI=1S/C67H58N2O/c1-4-55(29-16-22-48-20-8-5-9-21-48)68(56-39-35-51(36-40-56)49-23-10-6-11-24-49)65-33-18-31-59-53-27-17-28-54(46-53)64(34-19-45-70-66(59)65)69(57-41-37-52(38-42-57)50-25-12-7-13-26-50)58-43-44-61-60-30-14-15-32-62(60)67(2,3)63(61)47-58/h4-23,25-39,41-44,47,49,56H,1,24,40,45-46H2,2-3H3/b22-16+,34-19-,55-29+,64-54+. The third-order valence-electron chi connectivity index (χ3n) is 14.5. The van der Waals surface area contributed by atoms with Gasteiger partial charge in [0.1, 0.15) is 6.61 Å². The quantitative estimate of drug-likeness (QED) is 0.121. The molecule has 0 radical (unpaired) electrons. The summed E-state index contributed by atoms with van der Waals surface area (Å²) in [5.74, 6) is 1.27. The maximum Gasteiger partial charge on any atom is 0.150 e. The number of allylic oxidation sites excluding steroid dienone is 15. The van der Waals surface area contributed by atoms with Gasteiger partial charge >= 0.3 is 0 Å². The Hall–Kier alpha value is -8.14. The Kier molecular flexibility index (Phi) is 12.3. The fourth-order valence-corrected chi connectivity index (χ4v) is 10.9. The summed E-state index contributed by atoms with van der Waals surface area (Å²) < 4.78 is 7.10. The van der Waals surface area contributed by atoms with Crippen LogP contribution in [0.5, 0.6) is 5.75 Å². The van der Waals surface area contributed by atoms with E-state index in [9.17, 15) is 0 Å². The summed E-state index contributed by atoms with van der Waals surface area (Å²) in [4.78, 5) is 4.88. The highest BCUT2D eigenvalue weighted by Gasteiger charge is 2.36. The molecule has 70 heavy (non-hydrogen) atoms. The van der Waals surface area contributed by atoms with Crippen LogP contribution in [0.2, 0.25) is 0 Å². The van der Waals surface area contributed by atoms with E-state index in [0.717, 1.165) is 64.6 Å². The van der Waals surface area contributed by atoms with Crippen LogP contribution in [0.1, 0.15) is 55.4 Å². The molecule has 0 fully saturated rings. The molecule has 3 heteroatoms. The lowest BCUT2D eigenvalue weighted by atomic mass is 9.82. The third-order valence-corrected chi connectivity index (χ3v) is 14.5. The average Bonchev–Trinajstić information content (AvgIpc) is 3.65. The molecule has 342 valence electrons. The first-order valence-electron chi connectivity index (χ1n) is 24.7. The van der Waals surface area contributed by atoms with E-state index in [0.29, 0.717) is 12.5 Å². The first kappa shape index (κ1) is 44.4. The number of hydrogen-bond acceptors (Lipinski definition) is 3. The molecule has 2 bridgehead atoms. The fraction of sp³-hybridized carbons (Fsp3) is 0.134. The summed E-state index contributed by atoms with van der Waals surface area (Å²) in [6.07, 6.45) is 38.3. The molecule has 0 aromatic heterocycles. The number of rotatable bonds is 11. The van der Waals surface area contributed by atoms with E-state index in [1.165, 1.54) is 50.1 Å². The molecule has 0 spiro atoms. The average molecular weight is 907 g/mol. The summed E-state index contributed by atoms with van der Waals surface area (Å²) in [5.41, 5.74) is 19.0. The Bertz CT molecular complexity index is 3270. The molecular weight excluding hydrogens is 849 g/mol. The number of hydrogen-bond donors (Lipinski definition) is 0. The van der Waals surface area contributed by atoms with Gasteiger partial charge in [0.05, 0.1) is 11.7 Å². The molecule has 0 N–H and O–H groups in total. The highest BCUT2D eigenvalue weighted by atomic mass is 16.5. The van der Waals surface area contributed by atoms with Crippen molar-refractivity contribution in [3.63, 3.8) is 0 Å². The maximum atomic E-state index is 7.10. The van der Waals surface area contributed by atoms with E-state index in [1.807, 2.05) is 6.08 Å². The van der Waals surface area contributed by atoms with Crippen molar-refractivity contribution in [1.29, 1.82) is 0 Å². The van der Waals surface area contributed by atoms with Gasteiger partial charge in [-0.3, -0.25) is 0 Å². The van der Waals surface area contributed by atoms with E-state index in [1.54, 1.807) is 0 Å². The smallest absolute Gasteiger partial charge is 0.150 e. The summed E-state index contributed by atoms with van der Waals surface area (Å²) in [7, 11) is 0. The lowest BCUT2D eigenvalue weighted by Crippen LogP contribution is -2.34. The van der Waals surface area contributed by atoms with Gasteiger partial charge in [-0.25, -0.2) is 0 Å². The molecule has 1 heterocycles. The topological polar surface area (TPSA) is 15.7 Å². The van der Waals surface area contributed by atoms with Gasteiger partial charge in [-0.05, 0) is 123 Å². The molecule has 2 atom stereocenters. The molecule has 6 aromatic carbocycles. The minimum atomic E-state index is -0.145. The van der Waals surface area contributed by atoms with Gasteiger partial charge in [0.15, 0.2) is 5.75 Å². The molecule has 3 nitrogen and oxygen atoms in total. The van der Waals surface area contributed by atoms with Gasteiger partial charge in [-0.2, -0.15) is 0 Å². The minimum absolute atomic E-state index is 0.0384. The highest BCUT2D eigenvalue weighted by molar-refractivity contribution is 5.86. The maximum absolute atomic E-state index is 7.10. The van der Waals surface area contributed by atoms with Crippen molar-refractivity contribution in [3.05, 3.63) is 288 Å². The minimum Gasteiger partial charge on any atom is -0.487 e. The van der Waals surface area contributed by atoms with Crippen LogP contribution in [0.15, 0.2) is 266 Å². The lowest BCUT2D eigenvalue weighted by Gasteiger charge is -2.36. The van der Waals surface area contributed by atoms with Crippen molar-refractivity contribution in [2.75, 3.05) is 16.4 Å². The zero-order chi connectivity index (χ0) is 47.4. The molecule has 11 rings (SSSR count). The third kappa shape index (κ3) is 8.65. The van der Waals surface area contributed by atoms with Crippen molar-refractivity contribution < 1.29 is 4.74 Å². The fourth-order valence-electron chi connectivity index (χ4n) is 10.9. The molecular formula is C67H58N2O. The molecule has 1 aliphatic heterocycles. The second-order valence-electron chi connectivity index (χ2n) is 19.1. The molecule has 2 unspecified atom stereocenters. The Balaban J connectivity index is 0.998. The second kappa shape index (κ2) is 19.5. The number of nitrogens with zero attached hydrogens (tertiary/aromatic N) is 2. The molecule has 6 aromatic rings. The summed E-state index contributed by atoms with van der Waals surface area (Å²) in [5, 5.41) is 0. The van der Waals surface area contributed by atoms with Crippen LogP contribution in [0, 0.1) is 5.92 Å². The van der Waals surface area contributed by atoms with Gasteiger partial charge in [0.25, 0.3) is 0 Å².